The van der Waals surface area contributed by atoms with Crippen LogP contribution in [0.4, 0.5) is 8.78 Å². The zero-order chi connectivity index (χ0) is 9.78. The molecule has 0 bridgehead atoms. The topological polar surface area (TPSA) is 29.1 Å². The zero-order valence-electron chi connectivity index (χ0n) is 7.29. The Morgan fingerprint density at radius 2 is 2.08 bits per heavy atom. The second-order valence-electron chi connectivity index (χ2n) is 2.86. The van der Waals surface area contributed by atoms with Crippen LogP contribution in [0.15, 0.2) is 12.2 Å². The quantitative estimate of drug-likeness (QED) is 0.651. The van der Waals surface area contributed by atoms with E-state index >= 15 is 0 Å². The second kappa shape index (κ2) is 4.18. The minimum absolute atomic E-state index is 0.0187. The van der Waals surface area contributed by atoms with E-state index in [9.17, 15) is 13.6 Å². The molecule has 1 amide bonds. The van der Waals surface area contributed by atoms with Gasteiger partial charge in [0, 0.05) is 18.5 Å². The van der Waals surface area contributed by atoms with E-state index in [1.54, 1.807) is 0 Å². The lowest BCUT2D eigenvalue weighted by molar-refractivity contribution is -0.117. The van der Waals surface area contributed by atoms with Gasteiger partial charge in [0.05, 0.1) is 0 Å². The molecule has 0 saturated heterocycles. The van der Waals surface area contributed by atoms with Crippen molar-refractivity contribution in [3.8, 4) is 0 Å². The molecule has 0 aliphatic heterocycles. The summed E-state index contributed by atoms with van der Waals surface area (Å²) < 4.78 is 24.4. The van der Waals surface area contributed by atoms with Gasteiger partial charge >= 0.3 is 0 Å². The highest BCUT2D eigenvalue weighted by atomic mass is 19.3. The van der Waals surface area contributed by atoms with Crippen molar-refractivity contribution < 1.29 is 13.6 Å². The molecule has 0 aliphatic rings. The molecule has 0 radical (unpaired) electrons. The highest BCUT2D eigenvalue weighted by Crippen LogP contribution is 2.14. The molecule has 0 fully saturated rings. The lowest BCUT2D eigenvalue weighted by Crippen LogP contribution is -2.28. The molecule has 12 heavy (non-hydrogen) atoms. The van der Waals surface area contributed by atoms with Crippen LogP contribution in [0.5, 0.6) is 0 Å². The van der Waals surface area contributed by atoms with Gasteiger partial charge in [-0.2, -0.15) is 0 Å². The Labute approximate surface area is 70.6 Å². The van der Waals surface area contributed by atoms with E-state index < -0.39 is 5.92 Å². The number of alkyl halides is 2. The average Bonchev–Trinajstić information content (AvgIpc) is 1.84. The maximum atomic E-state index is 12.2. The monoisotopic (exact) mass is 177 g/mol. The van der Waals surface area contributed by atoms with Crippen LogP contribution in [0.2, 0.25) is 0 Å². The highest BCUT2D eigenvalue weighted by molar-refractivity contribution is 5.91. The van der Waals surface area contributed by atoms with Crippen LogP contribution in [0, 0.1) is 0 Å². The molecule has 0 heterocycles. The molecule has 0 aromatic carbocycles. The maximum Gasteiger partial charge on any atom is 0.247 e. The summed E-state index contributed by atoms with van der Waals surface area (Å²) in [5.41, 5.74) is 0.328. The van der Waals surface area contributed by atoms with Gasteiger partial charge in [-0.05, 0) is 13.8 Å². The fraction of sp³-hybridized carbons (Fsp3) is 0.625. The molecule has 0 saturated carbocycles. The van der Waals surface area contributed by atoms with Crippen LogP contribution in [0.3, 0.4) is 0 Å². The minimum Gasteiger partial charge on any atom is -0.352 e. The average molecular weight is 177 g/mol. The SMILES string of the molecule is C=C(C)C(=O)NCCC(C)(F)F. The molecule has 0 aromatic heterocycles. The van der Waals surface area contributed by atoms with E-state index in [-0.39, 0.29) is 18.9 Å². The van der Waals surface area contributed by atoms with Crippen molar-refractivity contribution in [3.63, 3.8) is 0 Å². The first kappa shape index (κ1) is 11.1. The molecule has 0 atom stereocenters. The van der Waals surface area contributed by atoms with Gasteiger partial charge in [-0.25, -0.2) is 8.78 Å². The van der Waals surface area contributed by atoms with Crippen molar-refractivity contribution >= 4 is 5.91 Å². The lowest BCUT2D eigenvalue weighted by atomic mass is 10.2. The third kappa shape index (κ3) is 5.82. The van der Waals surface area contributed by atoms with E-state index in [2.05, 4.69) is 11.9 Å². The van der Waals surface area contributed by atoms with Crippen molar-refractivity contribution in [2.45, 2.75) is 26.2 Å². The Kier molecular flexibility index (Phi) is 3.86. The standard InChI is InChI=1S/C8H13F2NO/c1-6(2)7(12)11-5-4-8(3,9)10/h1,4-5H2,2-3H3,(H,11,12). The Balaban J connectivity index is 3.58. The first-order valence-electron chi connectivity index (χ1n) is 3.64. The summed E-state index contributed by atoms with van der Waals surface area (Å²) in [6, 6.07) is 0. The Morgan fingerprint density at radius 1 is 1.58 bits per heavy atom. The van der Waals surface area contributed by atoms with Crippen LogP contribution < -0.4 is 5.32 Å². The van der Waals surface area contributed by atoms with Crippen molar-refractivity contribution in [2.75, 3.05) is 6.54 Å². The molecule has 70 valence electrons. The van der Waals surface area contributed by atoms with Gasteiger partial charge in [-0.15, -0.1) is 0 Å². The predicted molar refractivity (Wildman–Crippen MR) is 43.1 cm³/mol. The molecule has 0 rings (SSSR count). The number of hydrogen-bond donors (Lipinski definition) is 1. The molecular weight excluding hydrogens is 164 g/mol. The number of carbonyl (C=O) groups excluding carboxylic acids is 1. The summed E-state index contributed by atoms with van der Waals surface area (Å²) >= 11 is 0. The smallest absolute Gasteiger partial charge is 0.247 e. The van der Waals surface area contributed by atoms with Gasteiger partial charge in [0.1, 0.15) is 0 Å². The number of hydrogen-bond acceptors (Lipinski definition) is 1. The van der Waals surface area contributed by atoms with E-state index in [0.29, 0.717) is 5.57 Å². The summed E-state index contributed by atoms with van der Waals surface area (Å²) in [4.78, 5) is 10.8. The molecule has 4 heteroatoms. The number of nitrogens with one attached hydrogen (secondary N) is 1. The third-order valence-electron chi connectivity index (χ3n) is 1.24. The fourth-order valence-electron chi connectivity index (χ4n) is 0.546. The van der Waals surface area contributed by atoms with Crippen LogP contribution in [-0.4, -0.2) is 18.4 Å². The van der Waals surface area contributed by atoms with Crippen LogP contribution in [-0.2, 0) is 4.79 Å². The van der Waals surface area contributed by atoms with E-state index in [1.165, 1.54) is 6.92 Å². The highest BCUT2D eigenvalue weighted by Gasteiger charge is 2.20. The summed E-state index contributed by atoms with van der Waals surface area (Å²) in [5.74, 6) is -3.10. The van der Waals surface area contributed by atoms with Gasteiger partial charge in [0.15, 0.2) is 0 Å². The molecule has 0 unspecified atom stereocenters. The Morgan fingerprint density at radius 3 is 2.42 bits per heavy atom. The van der Waals surface area contributed by atoms with Crippen LogP contribution in [0.1, 0.15) is 20.3 Å². The van der Waals surface area contributed by atoms with Crippen molar-refractivity contribution in [2.24, 2.45) is 0 Å². The third-order valence-corrected chi connectivity index (χ3v) is 1.24. The predicted octanol–water partition coefficient (Wildman–Crippen LogP) is 1.72. The molecule has 0 spiro atoms. The van der Waals surface area contributed by atoms with Gasteiger partial charge in [0.2, 0.25) is 11.8 Å². The van der Waals surface area contributed by atoms with E-state index in [4.69, 9.17) is 0 Å². The minimum atomic E-state index is -2.72. The molecule has 0 aliphatic carbocycles. The van der Waals surface area contributed by atoms with Crippen molar-refractivity contribution in [1.29, 1.82) is 0 Å². The Bertz CT molecular complexity index is 184. The number of halogens is 2. The summed E-state index contributed by atoms with van der Waals surface area (Å²) in [6.07, 6.45) is -0.341. The molecule has 0 aromatic rings. The van der Waals surface area contributed by atoms with Gasteiger partial charge < -0.3 is 5.32 Å². The largest absolute Gasteiger partial charge is 0.352 e. The fourth-order valence-corrected chi connectivity index (χ4v) is 0.546. The van der Waals surface area contributed by atoms with Crippen molar-refractivity contribution in [3.05, 3.63) is 12.2 Å². The molecular formula is C8H13F2NO. The summed E-state index contributed by atoms with van der Waals surface area (Å²) in [5, 5.41) is 2.32. The van der Waals surface area contributed by atoms with Crippen molar-refractivity contribution in [1.82, 2.24) is 5.32 Å². The van der Waals surface area contributed by atoms with Gasteiger partial charge in [-0.3, -0.25) is 4.79 Å². The lowest BCUT2D eigenvalue weighted by Gasteiger charge is -2.10. The van der Waals surface area contributed by atoms with E-state index in [1.807, 2.05) is 0 Å². The van der Waals surface area contributed by atoms with Crippen LogP contribution >= 0.6 is 0 Å². The first-order valence-corrected chi connectivity index (χ1v) is 3.64. The van der Waals surface area contributed by atoms with Crippen LogP contribution in [0.25, 0.3) is 0 Å². The van der Waals surface area contributed by atoms with E-state index in [0.717, 1.165) is 6.92 Å². The van der Waals surface area contributed by atoms with Gasteiger partial charge in [-0.1, -0.05) is 6.58 Å². The second-order valence-corrected chi connectivity index (χ2v) is 2.86. The first-order chi connectivity index (χ1) is 5.33. The number of amides is 1. The molecule has 2 nitrogen and oxygen atoms in total. The summed E-state index contributed by atoms with van der Waals surface area (Å²) in [7, 11) is 0. The summed E-state index contributed by atoms with van der Waals surface area (Å²) in [6.45, 7) is 5.70. The normalized spacial score (nSPS) is 11.0. The van der Waals surface area contributed by atoms with Gasteiger partial charge in [0.25, 0.3) is 0 Å². The maximum absolute atomic E-state index is 12.2. The molecule has 1 N–H and O–H groups in total. The Hall–Kier alpha value is -0.930. The number of rotatable bonds is 4. The zero-order valence-corrected chi connectivity index (χ0v) is 7.29. The number of carbonyl (C=O) groups is 1.